The number of amidine groups is 1. The highest BCUT2D eigenvalue weighted by Crippen LogP contribution is 2.01. The first-order valence-electron chi connectivity index (χ1n) is 5.67. The summed E-state index contributed by atoms with van der Waals surface area (Å²) in [5.74, 6) is -0.281. The molecule has 0 aliphatic rings. The zero-order valence-corrected chi connectivity index (χ0v) is 12.0. The Morgan fingerprint density at radius 1 is 1.53 bits per heavy atom. The number of oxime groups is 1. The fourth-order valence-electron chi connectivity index (χ4n) is 1.15. The van der Waals surface area contributed by atoms with Crippen LogP contribution < -0.4 is 10.5 Å². The Labute approximate surface area is 112 Å². The lowest BCUT2D eigenvalue weighted by Gasteiger charge is -2.21. The van der Waals surface area contributed by atoms with Crippen LogP contribution in [0.3, 0.4) is 0 Å². The van der Waals surface area contributed by atoms with Gasteiger partial charge in [0.15, 0.2) is 5.84 Å². The highest BCUT2D eigenvalue weighted by atomic mass is 32.2. The molecule has 1 amide bonds. The summed E-state index contributed by atoms with van der Waals surface area (Å²) in [6.45, 7) is 4.72. The molecule has 0 rings (SSSR count). The predicted octanol–water partition coefficient (Wildman–Crippen LogP) is -0.176. The summed E-state index contributed by atoms with van der Waals surface area (Å²) in [6, 6.07) is 0. The van der Waals surface area contributed by atoms with Gasteiger partial charge >= 0.3 is 16.3 Å². The van der Waals surface area contributed by atoms with Crippen LogP contribution in [0.25, 0.3) is 0 Å². The molecule has 0 saturated carbocycles. The van der Waals surface area contributed by atoms with Crippen LogP contribution in [-0.2, 0) is 14.9 Å². The van der Waals surface area contributed by atoms with Crippen molar-refractivity contribution in [2.75, 3.05) is 13.1 Å². The first-order chi connectivity index (χ1) is 8.72. The Kier molecular flexibility index (Phi) is 7.16. The molecule has 0 atom stereocenters. The summed E-state index contributed by atoms with van der Waals surface area (Å²) in [5.41, 5.74) is 5.26. The molecule has 0 aromatic rings. The van der Waals surface area contributed by atoms with Crippen LogP contribution in [0.2, 0.25) is 0 Å². The van der Waals surface area contributed by atoms with Gasteiger partial charge in [-0.05, 0) is 20.3 Å². The van der Waals surface area contributed by atoms with Crippen LogP contribution in [0.5, 0.6) is 0 Å². The second-order valence-corrected chi connectivity index (χ2v) is 5.66. The Morgan fingerprint density at radius 2 is 2.11 bits per heavy atom. The van der Waals surface area contributed by atoms with Crippen molar-refractivity contribution in [3.05, 3.63) is 0 Å². The number of hydrogen-bond donors (Lipinski definition) is 3. The number of amides is 1. The normalized spacial score (nSPS) is 12.8. The van der Waals surface area contributed by atoms with Crippen LogP contribution in [0.4, 0.5) is 4.79 Å². The average molecular weight is 296 g/mol. The summed E-state index contributed by atoms with van der Waals surface area (Å²) >= 11 is 0. The van der Waals surface area contributed by atoms with Gasteiger partial charge in [-0.15, -0.1) is 0 Å². The van der Waals surface area contributed by atoms with E-state index in [1.165, 1.54) is 0 Å². The second-order valence-electron chi connectivity index (χ2n) is 3.99. The van der Waals surface area contributed by atoms with E-state index in [0.717, 1.165) is 4.31 Å². The third kappa shape index (κ3) is 6.82. The predicted molar refractivity (Wildman–Crippen MR) is 68.9 cm³/mol. The Bertz CT molecular complexity index is 420. The maximum absolute atomic E-state index is 11.9. The monoisotopic (exact) mass is 296 g/mol. The number of nitrogens with two attached hydrogens (primary N) is 1. The van der Waals surface area contributed by atoms with Crippen LogP contribution in [-0.4, -0.2) is 49.1 Å². The van der Waals surface area contributed by atoms with Crippen molar-refractivity contribution < 1.29 is 23.2 Å². The minimum atomic E-state index is -4.10. The van der Waals surface area contributed by atoms with Crippen molar-refractivity contribution in [2.24, 2.45) is 10.9 Å². The summed E-state index contributed by atoms with van der Waals surface area (Å²) in [4.78, 5) is 11.3. The molecule has 112 valence electrons. The van der Waals surface area contributed by atoms with E-state index in [4.69, 9.17) is 10.9 Å². The zero-order chi connectivity index (χ0) is 15.1. The summed E-state index contributed by atoms with van der Waals surface area (Å²) in [6.07, 6.45) is -1.02. The highest BCUT2D eigenvalue weighted by molar-refractivity contribution is 7.87. The van der Waals surface area contributed by atoms with Gasteiger partial charge in [0.05, 0.1) is 12.6 Å². The number of hydrogen-bond acceptors (Lipinski definition) is 6. The average Bonchev–Trinajstić information content (AvgIpc) is 2.26. The molecule has 0 aromatic carbocycles. The van der Waals surface area contributed by atoms with E-state index in [2.05, 4.69) is 9.89 Å². The largest absolute Gasteiger partial charge is 0.446 e. The second kappa shape index (κ2) is 7.79. The van der Waals surface area contributed by atoms with Gasteiger partial charge in [-0.25, -0.2) is 9.52 Å². The molecule has 4 N–H and O–H groups in total. The van der Waals surface area contributed by atoms with Gasteiger partial charge in [-0.1, -0.05) is 12.1 Å². The lowest BCUT2D eigenvalue weighted by Crippen LogP contribution is -2.47. The van der Waals surface area contributed by atoms with Gasteiger partial charge in [-0.2, -0.15) is 12.7 Å². The number of carbonyl (C=O) groups excluding carboxylic acids is 1. The highest BCUT2D eigenvalue weighted by Gasteiger charge is 2.25. The molecule has 0 aliphatic heterocycles. The van der Waals surface area contributed by atoms with Gasteiger partial charge < -0.3 is 15.7 Å². The summed E-state index contributed by atoms with van der Waals surface area (Å²) < 4.78 is 31.1. The van der Waals surface area contributed by atoms with E-state index in [-0.39, 0.29) is 18.9 Å². The SMILES string of the molecule is CCCN(CC(N)=NO)S(=O)(=O)NC(=O)OC(C)C. The molecule has 0 fully saturated rings. The molecule has 0 saturated heterocycles. The first kappa shape index (κ1) is 17.4. The van der Waals surface area contributed by atoms with E-state index >= 15 is 0 Å². The van der Waals surface area contributed by atoms with Crippen molar-refractivity contribution in [3.63, 3.8) is 0 Å². The molecular weight excluding hydrogens is 276 g/mol. The van der Waals surface area contributed by atoms with Crippen molar-refractivity contribution in [2.45, 2.75) is 33.3 Å². The van der Waals surface area contributed by atoms with Crippen molar-refractivity contribution in [1.82, 2.24) is 9.03 Å². The minimum absolute atomic E-state index is 0.112. The van der Waals surface area contributed by atoms with Crippen molar-refractivity contribution >= 4 is 22.1 Å². The maximum atomic E-state index is 11.9. The molecule has 0 bridgehead atoms. The van der Waals surface area contributed by atoms with Crippen LogP contribution in [0.15, 0.2) is 5.16 Å². The summed E-state index contributed by atoms with van der Waals surface area (Å²) in [5, 5.41) is 11.1. The van der Waals surface area contributed by atoms with E-state index in [1.807, 2.05) is 0 Å². The van der Waals surface area contributed by atoms with Crippen LogP contribution >= 0.6 is 0 Å². The lowest BCUT2D eigenvalue weighted by atomic mass is 10.4. The van der Waals surface area contributed by atoms with Gasteiger partial charge in [0, 0.05) is 6.54 Å². The number of nitrogens with one attached hydrogen (secondary N) is 1. The van der Waals surface area contributed by atoms with Gasteiger partial charge in [0.1, 0.15) is 0 Å². The Morgan fingerprint density at radius 3 is 2.53 bits per heavy atom. The molecule has 0 radical (unpaired) electrons. The van der Waals surface area contributed by atoms with Crippen molar-refractivity contribution in [1.29, 1.82) is 0 Å². The molecular formula is C9H20N4O5S. The fraction of sp³-hybridized carbons (Fsp3) is 0.778. The van der Waals surface area contributed by atoms with Gasteiger partial charge in [0.2, 0.25) is 0 Å². The number of carbonyl (C=O) groups is 1. The van der Waals surface area contributed by atoms with Gasteiger partial charge in [-0.3, -0.25) is 0 Å². The molecule has 9 nitrogen and oxygen atoms in total. The molecule has 0 heterocycles. The third-order valence-electron chi connectivity index (χ3n) is 1.83. The Balaban J connectivity index is 4.84. The van der Waals surface area contributed by atoms with E-state index in [1.54, 1.807) is 25.5 Å². The first-order valence-corrected chi connectivity index (χ1v) is 7.11. The quantitative estimate of drug-likeness (QED) is 0.258. The minimum Gasteiger partial charge on any atom is -0.446 e. The van der Waals surface area contributed by atoms with E-state index in [0.29, 0.717) is 6.42 Å². The Hall–Kier alpha value is -1.55. The molecule has 19 heavy (non-hydrogen) atoms. The molecule has 0 aromatic heterocycles. The smallest absolute Gasteiger partial charge is 0.422 e. The molecule has 0 unspecified atom stereocenters. The topological polar surface area (TPSA) is 134 Å². The fourth-order valence-corrected chi connectivity index (χ4v) is 2.27. The number of nitrogens with zero attached hydrogens (tertiary/aromatic N) is 2. The van der Waals surface area contributed by atoms with Crippen LogP contribution in [0.1, 0.15) is 27.2 Å². The standard InChI is InChI=1S/C9H20N4O5S/c1-4-5-13(6-8(10)11-15)19(16,17)12-9(14)18-7(2)3/h7,15H,4-6H2,1-3H3,(H2,10,11)(H,12,14). The molecule has 0 aliphatic carbocycles. The molecule has 10 heteroatoms. The molecule has 0 spiro atoms. The number of rotatable bonds is 7. The summed E-state index contributed by atoms with van der Waals surface area (Å²) in [7, 11) is -4.10. The lowest BCUT2D eigenvalue weighted by molar-refractivity contribution is 0.121. The zero-order valence-electron chi connectivity index (χ0n) is 11.2. The number of ether oxygens (including phenoxy) is 1. The maximum Gasteiger partial charge on any atom is 0.422 e. The van der Waals surface area contributed by atoms with E-state index < -0.39 is 22.4 Å². The van der Waals surface area contributed by atoms with Crippen LogP contribution in [0, 0.1) is 0 Å². The van der Waals surface area contributed by atoms with Crippen molar-refractivity contribution in [3.8, 4) is 0 Å². The third-order valence-corrected chi connectivity index (χ3v) is 3.25. The van der Waals surface area contributed by atoms with Gasteiger partial charge in [0.25, 0.3) is 0 Å². The van der Waals surface area contributed by atoms with E-state index in [9.17, 15) is 13.2 Å².